The fourth-order valence-corrected chi connectivity index (χ4v) is 3.28. The van der Waals surface area contributed by atoms with Crippen molar-refractivity contribution in [3.8, 4) is 11.3 Å². The molecule has 2 N–H and O–H groups in total. The molecule has 0 fully saturated rings. The van der Waals surface area contributed by atoms with E-state index in [0.29, 0.717) is 5.56 Å². The number of aryl methyl sites for hydroxylation is 2. The minimum atomic E-state index is -0.801. The van der Waals surface area contributed by atoms with Crippen molar-refractivity contribution in [2.75, 3.05) is 19.7 Å². The topological polar surface area (TPSA) is 111 Å². The first kappa shape index (κ1) is 23.9. The van der Waals surface area contributed by atoms with E-state index in [0.717, 1.165) is 5.56 Å². The van der Waals surface area contributed by atoms with E-state index in [4.69, 9.17) is 20.9 Å². The lowest BCUT2D eigenvalue weighted by Gasteiger charge is -2.09. The normalized spacial score (nSPS) is 10.5. The Morgan fingerprint density at radius 1 is 1.12 bits per heavy atom. The molecule has 0 saturated carbocycles. The molecule has 0 unspecified atom stereocenters. The van der Waals surface area contributed by atoms with Crippen LogP contribution in [0.25, 0.3) is 11.3 Å². The zero-order chi connectivity index (χ0) is 24.0. The van der Waals surface area contributed by atoms with Gasteiger partial charge in [-0.2, -0.15) is 0 Å². The second kappa shape index (κ2) is 10.7. The zero-order valence-electron chi connectivity index (χ0n) is 17.9. The number of hydrogen-bond acceptors (Lipinski definition) is 6. The monoisotopic (exact) mass is 473 g/mol. The minimum absolute atomic E-state index is 0.00496. The lowest BCUT2D eigenvalue weighted by atomic mass is 10.1. The van der Waals surface area contributed by atoms with Crippen LogP contribution in [0.4, 0.5) is 4.39 Å². The molecule has 0 aliphatic rings. The molecule has 2 aromatic carbocycles. The van der Waals surface area contributed by atoms with Gasteiger partial charge >= 0.3 is 5.97 Å². The highest BCUT2D eigenvalue weighted by atomic mass is 35.5. The van der Waals surface area contributed by atoms with Crippen molar-refractivity contribution in [3.05, 3.63) is 75.8 Å². The smallest absolute Gasteiger partial charge is 0.344 e. The molecule has 172 valence electrons. The summed E-state index contributed by atoms with van der Waals surface area (Å²) in [5.41, 5.74) is 1.19. The van der Waals surface area contributed by atoms with Gasteiger partial charge in [0.2, 0.25) is 5.91 Å². The maximum absolute atomic E-state index is 14.2. The Morgan fingerprint density at radius 2 is 1.88 bits per heavy atom. The highest BCUT2D eigenvalue weighted by Crippen LogP contribution is 2.33. The molecule has 0 saturated heterocycles. The lowest BCUT2D eigenvalue weighted by molar-refractivity contribution is -0.120. The summed E-state index contributed by atoms with van der Waals surface area (Å²) in [6.07, 6.45) is 0. The molecule has 1 aromatic heterocycles. The van der Waals surface area contributed by atoms with E-state index in [1.165, 1.54) is 25.1 Å². The Hall–Kier alpha value is -3.72. The number of benzene rings is 2. The van der Waals surface area contributed by atoms with Crippen molar-refractivity contribution in [3.63, 3.8) is 0 Å². The average molecular weight is 474 g/mol. The van der Waals surface area contributed by atoms with Crippen molar-refractivity contribution in [1.29, 1.82) is 0 Å². The quantitative estimate of drug-likeness (QED) is 0.383. The molecule has 0 bridgehead atoms. The van der Waals surface area contributed by atoms with E-state index < -0.39 is 17.7 Å². The third kappa shape index (κ3) is 5.95. The highest BCUT2D eigenvalue weighted by molar-refractivity contribution is 6.33. The minimum Gasteiger partial charge on any atom is -0.460 e. The standard InChI is InChI=1S/C23H21ClFN3O5/c1-13-5-3-6-15(11-13)22(30)27-12-18(29)26-9-10-32-23(31)19-14(2)33-28-21(19)20-16(24)7-4-8-17(20)25/h3-8,11H,9-10,12H2,1-2H3,(H,26,29)(H,27,30). The van der Waals surface area contributed by atoms with E-state index in [1.807, 2.05) is 13.0 Å². The van der Waals surface area contributed by atoms with Crippen LogP contribution < -0.4 is 10.6 Å². The van der Waals surface area contributed by atoms with Crippen molar-refractivity contribution in [2.45, 2.75) is 13.8 Å². The molecule has 0 spiro atoms. The number of rotatable bonds is 8. The van der Waals surface area contributed by atoms with Gasteiger partial charge in [-0.25, -0.2) is 9.18 Å². The molecule has 0 atom stereocenters. The van der Waals surface area contributed by atoms with Gasteiger partial charge in [0.1, 0.15) is 29.4 Å². The SMILES string of the molecule is Cc1cccc(C(=O)NCC(=O)NCCOC(=O)c2c(-c3c(F)cccc3Cl)noc2C)c1. The Bertz CT molecular complexity index is 1170. The summed E-state index contributed by atoms with van der Waals surface area (Å²) in [6, 6.07) is 11.1. The molecule has 10 heteroatoms. The van der Waals surface area contributed by atoms with Crippen molar-refractivity contribution < 1.29 is 28.0 Å². The van der Waals surface area contributed by atoms with Crippen LogP contribution in [-0.2, 0) is 9.53 Å². The van der Waals surface area contributed by atoms with Gasteiger partial charge in [0, 0.05) is 5.56 Å². The number of nitrogens with one attached hydrogen (secondary N) is 2. The zero-order valence-corrected chi connectivity index (χ0v) is 18.7. The van der Waals surface area contributed by atoms with Crippen molar-refractivity contribution in [1.82, 2.24) is 15.8 Å². The van der Waals surface area contributed by atoms with Gasteiger partial charge in [-0.3, -0.25) is 9.59 Å². The Kier molecular flexibility index (Phi) is 7.78. The van der Waals surface area contributed by atoms with Gasteiger partial charge in [-0.1, -0.05) is 40.5 Å². The van der Waals surface area contributed by atoms with Crippen LogP contribution in [0, 0.1) is 19.7 Å². The highest BCUT2D eigenvalue weighted by Gasteiger charge is 2.26. The Balaban J connectivity index is 1.50. The van der Waals surface area contributed by atoms with Crippen molar-refractivity contribution >= 4 is 29.4 Å². The summed E-state index contributed by atoms with van der Waals surface area (Å²) in [5, 5.41) is 8.86. The van der Waals surface area contributed by atoms with E-state index >= 15 is 0 Å². The predicted octanol–water partition coefficient (Wildman–Crippen LogP) is 3.45. The fraction of sp³-hybridized carbons (Fsp3) is 0.217. The number of nitrogens with zero attached hydrogens (tertiary/aromatic N) is 1. The van der Waals surface area contributed by atoms with E-state index in [-0.39, 0.29) is 53.2 Å². The van der Waals surface area contributed by atoms with Gasteiger partial charge in [-0.05, 0) is 38.1 Å². The van der Waals surface area contributed by atoms with Crippen LogP contribution in [0.3, 0.4) is 0 Å². The summed E-state index contributed by atoms with van der Waals surface area (Å²) in [6.45, 7) is 2.96. The Labute approximate surface area is 194 Å². The van der Waals surface area contributed by atoms with Crippen LogP contribution in [0.5, 0.6) is 0 Å². The van der Waals surface area contributed by atoms with Crippen LogP contribution in [0.2, 0.25) is 5.02 Å². The molecule has 0 radical (unpaired) electrons. The number of aromatic nitrogens is 1. The number of ether oxygens (including phenoxy) is 1. The number of carbonyl (C=O) groups excluding carboxylic acids is 3. The van der Waals surface area contributed by atoms with Gasteiger partial charge in [0.25, 0.3) is 5.91 Å². The summed E-state index contributed by atoms with van der Waals surface area (Å²) < 4.78 is 24.4. The van der Waals surface area contributed by atoms with E-state index in [2.05, 4.69) is 15.8 Å². The summed E-state index contributed by atoms with van der Waals surface area (Å²) >= 11 is 6.06. The maximum atomic E-state index is 14.2. The maximum Gasteiger partial charge on any atom is 0.344 e. The lowest BCUT2D eigenvalue weighted by Crippen LogP contribution is -2.38. The second-order valence-corrected chi connectivity index (χ2v) is 7.50. The first-order valence-electron chi connectivity index (χ1n) is 9.97. The largest absolute Gasteiger partial charge is 0.460 e. The molecule has 33 heavy (non-hydrogen) atoms. The van der Waals surface area contributed by atoms with Crippen LogP contribution in [-0.4, -0.2) is 42.6 Å². The van der Waals surface area contributed by atoms with Gasteiger partial charge in [-0.15, -0.1) is 0 Å². The molecule has 0 aliphatic heterocycles. The number of amides is 2. The molecular formula is C23H21ClFN3O5. The molecule has 1 heterocycles. The van der Waals surface area contributed by atoms with E-state index in [9.17, 15) is 18.8 Å². The van der Waals surface area contributed by atoms with Gasteiger partial charge in [0.05, 0.1) is 23.7 Å². The molecule has 2 amide bonds. The molecule has 8 nitrogen and oxygen atoms in total. The first-order valence-corrected chi connectivity index (χ1v) is 10.3. The third-order valence-electron chi connectivity index (χ3n) is 4.61. The van der Waals surface area contributed by atoms with Crippen LogP contribution >= 0.6 is 11.6 Å². The average Bonchev–Trinajstić information content (AvgIpc) is 3.15. The predicted molar refractivity (Wildman–Crippen MR) is 118 cm³/mol. The number of carbonyl (C=O) groups is 3. The van der Waals surface area contributed by atoms with Crippen LogP contribution in [0.15, 0.2) is 47.0 Å². The third-order valence-corrected chi connectivity index (χ3v) is 4.93. The molecular weight excluding hydrogens is 453 g/mol. The molecule has 3 aromatic rings. The summed E-state index contributed by atoms with van der Waals surface area (Å²) in [4.78, 5) is 36.5. The van der Waals surface area contributed by atoms with Crippen LogP contribution in [0.1, 0.15) is 32.0 Å². The molecule has 0 aliphatic carbocycles. The second-order valence-electron chi connectivity index (χ2n) is 7.10. The van der Waals surface area contributed by atoms with E-state index in [1.54, 1.807) is 18.2 Å². The van der Waals surface area contributed by atoms with Gasteiger partial charge in [0.15, 0.2) is 0 Å². The fourth-order valence-electron chi connectivity index (χ4n) is 3.02. The number of hydrogen-bond donors (Lipinski definition) is 2. The summed E-state index contributed by atoms with van der Waals surface area (Å²) in [5.74, 6) is -2.15. The van der Waals surface area contributed by atoms with Gasteiger partial charge < -0.3 is 19.9 Å². The number of esters is 1. The number of halogens is 2. The first-order chi connectivity index (χ1) is 15.8. The molecule has 3 rings (SSSR count). The Morgan fingerprint density at radius 3 is 2.61 bits per heavy atom. The summed E-state index contributed by atoms with van der Waals surface area (Å²) in [7, 11) is 0. The van der Waals surface area contributed by atoms with Crippen molar-refractivity contribution in [2.24, 2.45) is 0 Å².